The number of rotatable bonds is 5. The molecule has 2 aromatic rings. The molecule has 1 atom stereocenters. The lowest BCUT2D eigenvalue weighted by molar-refractivity contribution is 0.377. The molecule has 0 aliphatic rings. The van der Waals surface area contributed by atoms with Crippen LogP contribution in [0.3, 0.4) is 0 Å². The summed E-state index contributed by atoms with van der Waals surface area (Å²) in [5, 5.41) is 4.26. The maximum Gasteiger partial charge on any atom is 0.127 e. The van der Waals surface area contributed by atoms with Gasteiger partial charge in [0.1, 0.15) is 11.5 Å². The smallest absolute Gasteiger partial charge is 0.127 e. The Morgan fingerprint density at radius 1 is 1.25 bits per heavy atom. The van der Waals surface area contributed by atoms with Gasteiger partial charge in [-0.3, -0.25) is 10.5 Å². The zero-order valence-corrected chi connectivity index (χ0v) is 12.2. The standard InChI is InChI=1S/C14H20N4O2/c1-9-10(8-16-18(9)2)14(17-15)13-11(19-3)6-5-7-12(13)20-4/h5-8,14,17H,15H2,1-4H3. The second-order valence-electron chi connectivity index (χ2n) is 4.48. The fourth-order valence-electron chi connectivity index (χ4n) is 2.29. The molecule has 0 radical (unpaired) electrons. The molecular weight excluding hydrogens is 256 g/mol. The van der Waals surface area contributed by atoms with Crippen molar-refractivity contribution in [2.75, 3.05) is 14.2 Å². The van der Waals surface area contributed by atoms with Crippen molar-refractivity contribution in [3.63, 3.8) is 0 Å². The fraction of sp³-hybridized carbons (Fsp3) is 0.357. The Hall–Kier alpha value is -2.05. The van der Waals surface area contributed by atoms with E-state index in [0.29, 0.717) is 0 Å². The monoisotopic (exact) mass is 276 g/mol. The maximum atomic E-state index is 5.76. The Morgan fingerprint density at radius 2 is 1.85 bits per heavy atom. The number of aryl methyl sites for hydroxylation is 1. The molecule has 0 aliphatic carbocycles. The van der Waals surface area contributed by atoms with Crippen molar-refractivity contribution in [2.24, 2.45) is 12.9 Å². The van der Waals surface area contributed by atoms with E-state index in [4.69, 9.17) is 15.3 Å². The highest BCUT2D eigenvalue weighted by Gasteiger charge is 2.24. The molecule has 0 saturated heterocycles. The molecule has 6 nitrogen and oxygen atoms in total. The second kappa shape index (κ2) is 5.94. The molecule has 3 N–H and O–H groups in total. The Labute approximate surface area is 118 Å². The number of methoxy groups -OCH3 is 2. The molecule has 1 unspecified atom stereocenters. The van der Waals surface area contributed by atoms with E-state index in [2.05, 4.69) is 10.5 Å². The Morgan fingerprint density at radius 3 is 2.25 bits per heavy atom. The number of hydrogen-bond acceptors (Lipinski definition) is 5. The van der Waals surface area contributed by atoms with Crippen LogP contribution in [0.2, 0.25) is 0 Å². The van der Waals surface area contributed by atoms with Crippen LogP contribution >= 0.6 is 0 Å². The fourth-order valence-corrected chi connectivity index (χ4v) is 2.29. The van der Waals surface area contributed by atoms with E-state index in [-0.39, 0.29) is 6.04 Å². The summed E-state index contributed by atoms with van der Waals surface area (Å²) in [6.07, 6.45) is 1.80. The van der Waals surface area contributed by atoms with Crippen LogP contribution in [0.15, 0.2) is 24.4 Å². The van der Waals surface area contributed by atoms with Crippen molar-refractivity contribution in [3.8, 4) is 11.5 Å². The summed E-state index contributed by atoms with van der Waals surface area (Å²) < 4.78 is 12.7. The lowest BCUT2D eigenvalue weighted by Gasteiger charge is -2.21. The van der Waals surface area contributed by atoms with Crippen LogP contribution in [0.25, 0.3) is 0 Å². The van der Waals surface area contributed by atoms with Gasteiger partial charge in [-0.25, -0.2) is 5.43 Å². The van der Waals surface area contributed by atoms with Gasteiger partial charge in [0.05, 0.1) is 32.0 Å². The van der Waals surface area contributed by atoms with Crippen LogP contribution in [0, 0.1) is 6.92 Å². The molecule has 0 spiro atoms. The number of nitrogens with zero attached hydrogens (tertiary/aromatic N) is 2. The van der Waals surface area contributed by atoms with Gasteiger partial charge in [0.15, 0.2) is 0 Å². The van der Waals surface area contributed by atoms with Crippen LogP contribution in [-0.2, 0) is 7.05 Å². The first kappa shape index (κ1) is 14.4. The van der Waals surface area contributed by atoms with E-state index >= 15 is 0 Å². The second-order valence-corrected chi connectivity index (χ2v) is 4.48. The van der Waals surface area contributed by atoms with Gasteiger partial charge in [-0.05, 0) is 19.1 Å². The number of benzene rings is 1. The molecule has 20 heavy (non-hydrogen) atoms. The van der Waals surface area contributed by atoms with Crippen molar-refractivity contribution >= 4 is 0 Å². The Bertz CT molecular complexity index is 573. The highest BCUT2D eigenvalue weighted by Crippen LogP contribution is 2.37. The average molecular weight is 276 g/mol. The van der Waals surface area contributed by atoms with E-state index in [1.165, 1.54) is 0 Å². The summed E-state index contributed by atoms with van der Waals surface area (Å²) in [6.45, 7) is 1.99. The summed E-state index contributed by atoms with van der Waals surface area (Å²) in [6, 6.07) is 5.39. The van der Waals surface area contributed by atoms with Crippen molar-refractivity contribution in [3.05, 3.63) is 41.2 Å². The number of nitrogens with two attached hydrogens (primary N) is 1. The summed E-state index contributed by atoms with van der Waals surface area (Å²) in [5.74, 6) is 7.20. The van der Waals surface area contributed by atoms with E-state index < -0.39 is 0 Å². The third-order valence-electron chi connectivity index (χ3n) is 3.51. The first-order valence-electron chi connectivity index (χ1n) is 6.29. The molecule has 0 saturated carbocycles. The average Bonchev–Trinajstić information content (AvgIpc) is 2.80. The van der Waals surface area contributed by atoms with Gasteiger partial charge in [-0.2, -0.15) is 5.10 Å². The molecule has 0 amide bonds. The van der Waals surface area contributed by atoms with Gasteiger partial charge >= 0.3 is 0 Å². The largest absolute Gasteiger partial charge is 0.496 e. The molecule has 0 aliphatic heterocycles. The number of nitrogens with one attached hydrogen (secondary N) is 1. The molecule has 1 heterocycles. The number of hydrogen-bond donors (Lipinski definition) is 2. The summed E-state index contributed by atoms with van der Waals surface area (Å²) in [7, 11) is 5.15. The van der Waals surface area contributed by atoms with Crippen LogP contribution in [0.4, 0.5) is 0 Å². The highest BCUT2D eigenvalue weighted by molar-refractivity contribution is 5.50. The molecule has 2 rings (SSSR count). The lowest BCUT2D eigenvalue weighted by Crippen LogP contribution is -2.30. The third-order valence-corrected chi connectivity index (χ3v) is 3.51. The van der Waals surface area contributed by atoms with Gasteiger partial charge in [0.2, 0.25) is 0 Å². The van der Waals surface area contributed by atoms with E-state index in [0.717, 1.165) is 28.3 Å². The van der Waals surface area contributed by atoms with Crippen molar-refractivity contribution in [1.29, 1.82) is 0 Å². The molecular formula is C14H20N4O2. The SMILES string of the molecule is COc1cccc(OC)c1C(NN)c1cnn(C)c1C. The molecule has 0 bridgehead atoms. The molecule has 6 heteroatoms. The highest BCUT2D eigenvalue weighted by atomic mass is 16.5. The van der Waals surface area contributed by atoms with Crippen molar-refractivity contribution < 1.29 is 9.47 Å². The number of ether oxygens (including phenoxy) is 2. The maximum absolute atomic E-state index is 5.76. The van der Waals surface area contributed by atoms with Crippen molar-refractivity contribution in [2.45, 2.75) is 13.0 Å². The summed E-state index contributed by atoms with van der Waals surface area (Å²) in [5.41, 5.74) is 5.70. The topological polar surface area (TPSA) is 74.3 Å². The Balaban J connectivity index is 2.60. The molecule has 1 aromatic heterocycles. The van der Waals surface area contributed by atoms with Crippen LogP contribution in [-0.4, -0.2) is 24.0 Å². The number of aromatic nitrogens is 2. The molecule has 1 aromatic carbocycles. The zero-order valence-electron chi connectivity index (χ0n) is 12.2. The van der Waals surface area contributed by atoms with Gasteiger partial charge in [-0.1, -0.05) is 6.07 Å². The molecule has 0 fully saturated rings. The van der Waals surface area contributed by atoms with E-state index in [1.54, 1.807) is 20.4 Å². The normalized spacial score (nSPS) is 12.2. The van der Waals surface area contributed by atoms with E-state index in [9.17, 15) is 0 Å². The minimum absolute atomic E-state index is 0.255. The van der Waals surface area contributed by atoms with Gasteiger partial charge in [0, 0.05) is 18.3 Å². The minimum Gasteiger partial charge on any atom is -0.496 e. The lowest BCUT2D eigenvalue weighted by atomic mass is 9.98. The predicted molar refractivity (Wildman–Crippen MR) is 76.7 cm³/mol. The van der Waals surface area contributed by atoms with Crippen LogP contribution in [0.1, 0.15) is 22.9 Å². The summed E-state index contributed by atoms with van der Waals surface area (Å²) in [4.78, 5) is 0. The third kappa shape index (κ3) is 2.35. The van der Waals surface area contributed by atoms with Gasteiger partial charge < -0.3 is 9.47 Å². The number of hydrazine groups is 1. The van der Waals surface area contributed by atoms with Gasteiger partial charge in [-0.15, -0.1) is 0 Å². The van der Waals surface area contributed by atoms with Gasteiger partial charge in [0.25, 0.3) is 0 Å². The first-order valence-corrected chi connectivity index (χ1v) is 6.29. The van der Waals surface area contributed by atoms with Crippen LogP contribution in [0.5, 0.6) is 11.5 Å². The molecule has 108 valence electrons. The zero-order chi connectivity index (χ0) is 14.7. The predicted octanol–water partition coefficient (Wildman–Crippen LogP) is 1.30. The van der Waals surface area contributed by atoms with Crippen LogP contribution < -0.4 is 20.7 Å². The quantitative estimate of drug-likeness (QED) is 0.636. The summed E-state index contributed by atoms with van der Waals surface area (Å²) >= 11 is 0. The first-order chi connectivity index (χ1) is 9.63. The minimum atomic E-state index is -0.255. The van der Waals surface area contributed by atoms with Crippen molar-refractivity contribution in [1.82, 2.24) is 15.2 Å². The van der Waals surface area contributed by atoms with E-state index in [1.807, 2.05) is 36.9 Å². The Kier molecular flexibility index (Phi) is 4.26.